The van der Waals surface area contributed by atoms with Gasteiger partial charge in [-0.3, -0.25) is 13.9 Å². The van der Waals surface area contributed by atoms with Gasteiger partial charge in [0.05, 0.1) is 18.2 Å². The number of aromatic carboxylic acids is 1. The Morgan fingerprint density at radius 3 is 2.33 bits per heavy atom. The molecule has 2 aliphatic carbocycles. The number of nitrogens with zero attached hydrogens (tertiary/aromatic N) is 3. The van der Waals surface area contributed by atoms with E-state index in [0.29, 0.717) is 38.8 Å². The molecular weight excluding hydrogens is 483 g/mol. The predicted octanol–water partition coefficient (Wildman–Crippen LogP) is 3.20. The highest BCUT2D eigenvalue weighted by atomic mass is 19.4. The number of carboxylic acids is 1. The maximum absolute atomic E-state index is 13.6. The Morgan fingerprint density at radius 2 is 1.72 bits per heavy atom. The van der Waals surface area contributed by atoms with Crippen molar-refractivity contribution in [2.24, 2.45) is 0 Å². The first kappa shape index (κ1) is 24.1. The molecule has 2 aromatic rings. The summed E-state index contributed by atoms with van der Waals surface area (Å²) in [4.78, 5) is 52.1. The number of hydrogen-bond donors (Lipinski definition) is 1. The monoisotopic (exact) mass is 507 g/mol. The van der Waals surface area contributed by atoms with Crippen LogP contribution >= 0.6 is 0 Å². The maximum Gasteiger partial charge on any atom is 0.416 e. The lowest BCUT2D eigenvalue weighted by Gasteiger charge is -2.34. The third kappa shape index (κ3) is 3.97. The number of alkyl halides is 3. The van der Waals surface area contributed by atoms with E-state index in [2.05, 4.69) is 0 Å². The quantitative estimate of drug-likeness (QED) is 0.681. The number of rotatable bonds is 4. The van der Waals surface area contributed by atoms with Crippen LogP contribution in [0, 0.1) is 0 Å². The van der Waals surface area contributed by atoms with Crippen LogP contribution in [-0.2, 0) is 17.3 Å². The lowest BCUT2D eigenvalue weighted by atomic mass is 9.90. The van der Waals surface area contributed by atoms with E-state index in [1.165, 1.54) is 16.7 Å². The number of halogens is 3. The van der Waals surface area contributed by atoms with Crippen LogP contribution in [0.4, 0.5) is 18.0 Å². The molecule has 2 heterocycles. The van der Waals surface area contributed by atoms with Crippen LogP contribution < -0.4 is 11.2 Å². The molecule has 3 aliphatic rings. The fraction of sp³-hybridized carbons (Fsp3) is 0.500. The molecule has 1 unspecified atom stereocenters. The zero-order valence-electron chi connectivity index (χ0n) is 19.2. The highest BCUT2D eigenvalue weighted by Crippen LogP contribution is 2.41. The van der Waals surface area contributed by atoms with Crippen LogP contribution in [0.2, 0.25) is 0 Å². The second kappa shape index (κ2) is 8.82. The second-order valence-electron chi connectivity index (χ2n) is 9.41. The minimum Gasteiger partial charge on any atom is -0.477 e. The maximum atomic E-state index is 13.6. The van der Waals surface area contributed by atoms with E-state index in [4.69, 9.17) is 4.74 Å². The molecule has 9 nitrogen and oxygen atoms in total. The number of carbonyl (C=O) groups is 2. The van der Waals surface area contributed by atoms with Gasteiger partial charge in [-0.2, -0.15) is 13.2 Å². The Bertz CT molecular complexity index is 1340. The fourth-order valence-corrected chi connectivity index (χ4v) is 5.83. The standard InChI is InChI=1S/C24H24F3N3O6/c25-24(26,27)18-3-1-2-16-15(18)8-9-19(16)30-20(31)17(21(32)33)12-29(22(30)34)14-6-4-13(5-7-14)28-10-11-36-23(28)35/h1-3,12-14,19H,4-11H2,(H,32,33). The van der Waals surface area contributed by atoms with Gasteiger partial charge in [-0.1, -0.05) is 12.1 Å². The van der Waals surface area contributed by atoms with Crippen LogP contribution in [0.1, 0.15) is 71.2 Å². The number of carbonyl (C=O) groups excluding carboxylic acids is 1. The van der Waals surface area contributed by atoms with E-state index in [1.807, 2.05) is 0 Å². The van der Waals surface area contributed by atoms with Gasteiger partial charge in [0.1, 0.15) is 12.2 Å². The number of hydrogen-bond acceptors (Lipinski definition) is 5. The number of carboxylic acid groups (broad SMARTS) is 1. The minimum atomic E-state index is -4.59. The normalized spacial score (nSPS) is 24.0. The molecule has 0 bridgehead atoms. The molecule has 5 rings (SSSR count). The third-order valence-electron chi connectivity index (χ3n) is 7.52. The van der Waals surface area contributed by atoms with E-state index in [0.717, 1.165) is 16.8 Å². The Balaban J connectivity index is 1.53. The molecule has 36 heavy (non-hydrogen) atoms. The highest BCUT2D eigenvalue weighted by Gasteiger charge is 2.39. The minimum absolute atomic E-state index is 0.00983. The Morgan fingerprint density at radius 1 is 1.03 bits per heavy atom. The molecule has 1 aromatic heterocycles. The molecular formula is C24H24F3N3O6. The molecule has 12 heteroatoms. The van der Waals surface area contributed by atoms with E-state index >= 15 is 0 Å². The first-order chi connectivity index (χ1) is 17.1. The topological polar surface area (TPSA) is 111 Å². The van der Waals surface area contributed by atoms with E-state index < -0.39 is 46.6 Å². The summed E-state index contributed by atoms with van der Waals surface area (Å²) in [6.07, 6.45) is -1.79. The molecule has 0 radical (unpaired) electrons. The summed E-state index contributed by atoms with van der Waals surface area (Å²) < 4.78 is 47.6. The first-order valence-corrected chi connectivity index (χ1v) is 11.8. The number of ether oxygens (including phenoxy) is 1. The smallest absolute Gasteiger partial charge is 0.416 e. The van der Waals surface area contributed by atoms with Gasteiger partial charge in [-0.05, 0) is 55.7 Å². The second-order valence-corrected chi connectivity index (χ2v) is 9.41. The summed E-state index contributed by atoms with van der Waals surface area (Å²) in [7, 11) is 0. The van der Waals surface area contributed by atoms with Gasteiger partial charge in [0.25, 0.3) is 5.56 Å². The van der Waals surface area contributed by atoms with E-state index in [1.54, 1.807) is 4.90 Å². The molecule has 0 spiro atoms. The number of fused-ring (bicyclic) bond motifs is 1. The van der Waals surface area contributed by atoms with Crippen molar-refractivity contribution in [3.05, 3.63) is 67.5 Å². The number of cyclic esters (lactones) is 1. The Labute approximate surface area is 202 Å². The summed E-state index contributed by atoms with van der Waals surface area (Å²) >= 11 is 0. The molecule has 1 atom stereocenters. The van der Waals surface area contributed by atoms with Crippen molar-refractivity contribution in [3.8, 4) is 0 Å². The van der Waals surface area contributed by atoms with Crippen molar-refractivity contribution in [3.63, 3.8) is 0 Å². The van der Waals surface area contributed by atoms with Crippen LogP contribution in [0.3, 0.4) is 0 Å². The molecule has 1 saturated heterocycles. The van der Waals surface area contributed by atoms with Crippen molar-refractivity contribution in [2.75, 3.05) is 13.2 Å². The first-order valence-electron chi connectivity index (χ1n) is 11.8. The van der Waals surface area contributed by atoms with Crippen molar-refractivity contribution >= 4 is 12.1 Å². The Hall–Kier alpha value is -3.57. The summed E-state index contributed by atoms with van der Waals surface area (Å²) in [5.74, 6) is -1.52. The molecule has 2 fully saturated rings. The summed E-state index contributed by atoms with van der Waals surface area (Å²) in [5, 5.41) is 9.67. The number of aromatic nitrogens is 2. The molecule has 192 valence electrons. The molecule has 1 aromatic carbocycles. The molecule has 1 saturated carbocycles. The summed E-state index contributed by atoms with van der Waals surface area (Å²) in [6, 6.07) is 2.18. The fourth-order valence-electron chi connectivity index (χ4n) is 5.83. The van der Waals surface area contributed by atoms with Gasteiger partial charge in [0.15, 0.2) is 0 Å². The number of benzene rings is 1. The third-order valence-corrected chi connectivity index (χ3v) is 7.52. The molecule has 1 aliphatic heterocycles. The lowest BCUT2D eigenvalue weighted by Crippen LogP contribution is -2.46. The van der Waals surface area contributed by atoms with Crippen LogP contribution in [0.5, 0.6) is 0 Å². The van der Waals surface area contributed by atoms with Crippen LogP contribution in [-0.4, -0.2) is 50.4 Å². The van der Waals surface area contributed by atoms with Crippen molar-refractivity contribution in [1.82, 2.24) is 14.0 Å². The molecule has 1 N–H and O–H groups in total. The largest absolute Gasteiger partial charge is 0.477 e. The van der Waals surface area contributed by atoms with E-state index in [9.17, 15) is 37.5 Å². The Kier molecular flexibility index (Phi) is 5.92. The van der Waals surface area contributed by atoms with Gasteiger partial charge in [-0.25, -0.2) is 14.4 Å². The van der Waals surface area contributed by atoms with Crippen molar-refractivity contribution in [1.29, 1.82) is 0 Å². The van der Waals surface area contributed by atoms with E-state index in [-0.39, 0.29) is 36.1 Å². The zero-order valence-corrected chi connectivity index (χ0v) is 19.2. The molecule has 1 amide bonds. The van der Waals surface area contributed by atoms with Gasteiger partial charge in [0.2, 0.25) is 0 Å². The lowest BCUT2D eigenvalue weighted by molar-refractivity contribution is -0.138. The zero-order chi connectivity index (χ0) is 25.8. The van der Waals surface area contributed by atoms with Crippen LogP contribution in [0.25, 0.3) is 0 Å². The average Bonchev–Trinajstić information content (AvgIpc) is 3.45. The van der Waals surface area contributed by atoms with Crippen molar-refractivity contribution in [2.45, 2.75) is 62.8 Å². The van der Waals surface area contributed by atoms with Gasteiger partial charge in [-0.15, -0.1) is 0 Å². The van der Waals surface area contributed by atoms with Crippen molar-refractivity contribution < 1.29 is 32.6 Å². The van der Waals surface area contributed by atoms with Gasteiger partial charge in [0, 0.05) is 18.3 Å². The predicted molar refractivity (Wildman–Crippen MR) is 119 cm³/mol. The SMILES string of the molecule is O=C(O)c1cn(C2CCC(N3CCOC3=O)CC2)c(=O)n(C2CCc3c2cccc3C(F)(F)F)c1=O. The van der Waals surface area contributed by atoms with Gasteiger partial charge >= 0.3 is 23.9 Å². The highest BCUT2D eigenvalue weighted by molar-refractivity contribution is 5.86. The summed E-state index contributed by atoms with van der Waals surface area (Å²) in [5.41, 5.74) is -2.98. The van der Waals surface area contributed by atoms with Crippen LogP contribution in [0.15, 0.2) is 34.0 Å². The number of amides is 1. The van der Waals surface area contributed by atoms with Gasteiger partial charge < -0.3 is 14.7 Å². The summed E-state index contributed by atoms with van der Waals surface area (Å²) in [6.45, 7) is 0.813. The average molecular weight is 507 g/mol.